The molecular weight excluding hydrogens is 306 g/mol. The lowest BCUT2D eigenvalue weighted by Gasteiger charge is -2.29. The molecule has 1 aliphatic carbocycles. The Morgan fingerprint density at radius 3 is 2.48 bits per heavy atom. The van der Waals surface area contributed by atoms with Crippen molar-refractivity contribution in [3.05, 3.63) is 53.4 Å². The Balaban J connectivity index is 1.81. The normalized spacial score (nSPS) is 18.3. The highest BCUT2D eigenvalue weighted by molar-refractivity contribution is 7.91. The van der Waals surface area contributed by atoms with E-state index in [2.05, 4.69) is 4.72 Å². The van der Waals surface area contributed by atoms with Gasteiger partial charge in [-0.1, -0.05) is 36.4 Å². The molecule has 6 heteroatoms. The Kier molecular flexibility index (Phi) is 3.88. The van der Waals surface area contributed by atoms with Crippen molar-refractivity contribution in [2.24, 2.45) is 5.92 Å². The largest absolute Gasteiger partial charge is 0.383 e. The number of rotatable bonds is 6. The molecule has 0 amide bonds. The Morgan fingerprint density at radius 1 is 1.19 bits per heavy atom. The summed E-state index contributed by atoms with van der Waals surface area (Å²) in [4.78, 5) is 0. The van der Waals surface area contributed by atoms with Crippen LogP contribution in [0.1, 0.15) is 18.4 Å². The average Bonchev–Trinajstić information content (AvgIpc) is 3.20. The summed E-state index contributed by atoms with van der Waals surface area (Å²) in [6.07, 6.45) is 1.85. The molecule has 0 unspecified atom stereocenters. The summed E-state index contributed by atoms with van der Waals surface area (Å²) in [6.45, 7) is 0.00190. The van der Waals surface area contributed by atoms with Gasteiger partial charge in [-0.15, -0.1) is 11.3 Å². The monoisotopic (exact) mass is 323 g/mol. The van der Waals surface area contributed by atoms with Crippen LogP contribution in [0.25, 0.3) is 0 Å². The van der Waals surface area contributed by atoms with E-state index in [-0.39, 0.29) is 16.7 Å². The first-order valence-electron chi connectivity index (χ1n) is 6.83. The molecule has 0 saturated heterocycles. The van der Waals surface area contributed by atoms with Crippen LogP contribution in [0.15, 0.2) is 52.1 Å². The molecule has 1 heterocycles. The SMILES string of the molecule is O=S(=O)(NC[C@](O)(c1ccccc1)C1CC1)c1cccs1. The van der Waals surface area contributed by atoms with E-state index in [0.29, 0.717) is 0 Å². The van der Waals surface area contributed by atoms with Gasteiger partial charge in [-0.25, -0.2) is 13.1 Å². The first-order valence-corrected chi connectivity index (χ1v) is 9.20. The van der Waals surface area contributed by atoms with E-state index in [4.69, 9.17) is 0 Å². The molecular formula is C15H17NO3S2. The van der Waals surface area contributed by atoms with Gasteiger partial charge in [-0.2, -0.15) is 0 Å². The van der Waals surface area contributed by atoms with Crippen molar-refractivity contribution >= 4 is 21.4 Å². The Bertz CT molecular complexity index is 694. The standard InChI is InChI=1S/C15H17NO3S2/c17-15(13-8-9-13,12-5-2-1-3-6-12)11-16-21(18,19)14-7-4-10-20-14/h1-7,10,13,16-17H,8-9,11H2/t15-/m0/s1. The maximum Gasteiger partial charge on any atom is 0.250 e. The number of sulfonamides is 1. The van der Waals surface area contributed by atoms with Gasteiger partial charge in [0.05, 0.1) is 0 Å². The number of hydrogen-bond acceptors (Lipinski definition) is 4. The molecule has 0 spiro atoms. The zero-order valence-electron chi connectivity index (χ0n) is 11.4. The van der Waals surface area contributed by atoms with Gasteiger partial charge in [0.2, 0.25) is 10.0 Å². The minimum atomic E-state index is -3.56. The third kappa shape index (κ3) is 3.03. The van der Waals surface area contributed by atoms with E-state index in [1.165, 1.54) is 11.3 Å². The van der Waals surface area contributed by atoms with Crippen LogP contribution in [-0.2, 0) is 15.6 Å². The third-order valence-electron chi connectivity index (χ3n) is 3.82. The Morgan fingerprint density at radius 2 is 1.90 bits per heavy atom. The second-order valence-electron chi connectivity index (χ2n) is 5.32. The first-order chi connectivity index (χ1) is 10.0. The highest BCUT2D eigenvalue weighted by atomic mass is 32.2. The van der Waals surface area contributed by atoms with Crippen LogP contribution >= 0.6 is 11.3 Å². The smallest absolute Gasteiger partial charge is 0.250 e. The molecule has 4 nitrogen and oxygen atoms in total. The number of aliphatic hydroxyl groups is 1. The van der Waals surface area contributed by atoms with Crippen molar-refractivity contribution in [1.29, 1.82) is 0 Å². The van der Waals surface area contributed by atoms with Gasteiger partial charge < -0.3 is 5.11 Å². The summed E-state index contributed by atoms with van der Waals surface area (Å²) in [5.74, 6) is 0.117. The van der Waals surface area contributed by atoms with Crippen molar-refractivity contribution in [3.63, 3.8) is 0 Å². The van der Waals surface area contributed by atoms with Crippen molar-refractivity contribution in [2.45, 2.75) is 22.7 Å². The van der Waals surface area contributed by atoms with Gasteiger partial charge in [-0.05, 0) is 35.8 Å². The first kappa shape index (κ1) is 14.7. The molecule has 0 aliphatic heterocycles. The topological polar surface area (TPSA) is 66.4 Å². The van der Waals surface area contributed by atoms with Crippen LogP contribution in [0.5, 0.6) is 0 Å². The average molecular weight is 323 g/mol. The predicted octanol–water partition coefficient (Wildman–Crippen LogP) is 2.32. The quantitative estimate of drug-likeness (QED) is 0.857. The second kappa shape index (κ2) is 5.53. The van der Waals surface area contributed by atoms with E-state index in [1.807, 2.05) is 30.3 Å². The van der Waals surface area contributed by atoms with Crippen LogP contribution < -0.4 is 4.72 Å². The van der Waals surface area contributed by atoms with E-state index >= 15 is 0 Å². The summed E-state index contributed by atoms with van der Waals surface area (Å²) in [7, 11) is -3.56. The van der Waals surface area contributed by atoms with Crippen molar-refractivity contribution in [1.82, 2.24) is 4.72 Å². The number of benzene rings is 1. The molecule has 3 rings (SSSR count). The second-order valence-corrected chi connectivity index (χ2v) is 8.26. The molecule has 1 aliphatic rings. The molecule has 1 fully saturated rings. The molecule has 1 atom stereocenters. The summed E-state index contributed by atoms with van der Waals surface area (Å²) < 4.78 is 27.2. The van der Waals surface area contributed by atoms with Gasteiger partial charge in [0.25, 0.3) is 0 Å². The fourth-order valence-electron chi connectivity index (χ4n) is 2.46. The van der Waals surface area contributed by atoms with Crippen LogP contribution in [0.4, 0.5) is 0 Å². The molecule has 0 bridgehead atoms. The molecule has 0 radical (unpaired) electrons. The van der Waals surface area contributed by atoms with Gasteiger partial charge in [0.15, 0.2) is 0 Å². The Hall–Kier alpha value is -1.21. The summed E-state index contributed by atoms with van der Waals surface area (Å²) in [5.41, 5.74) is -0.368. The maximum absolute atomic E-state index is 12.2. The van der Waals surface area contributed by atoms with Gasteiger partial charge in [-0.3, -0.25) is 0 Å². The number of hydrogen-bond donors (Lipinski definition) is 2. The zero-order chi connectivity index (χ0) is 14.9. The molecule has 2 N–H and O–H groups in total. The van der Waals surface area contributed by atoms with Crippen LogP contribution in [-0.4, -0.2) is 20.1 Å². The third-order valence-corrected chi connectivity index (χ3v) is 6.62. The molecule has 1 aromatic heterocycles. The maximum atomic E-state index is 12.2. The number of thiophene rings is 1. The van der Waals surface area contributed by atoms with Crippen LogP contribution in [0, 0.1) is 5.92 Å². The van der Waals surface area contributed by atoms with E-state index in [0.717, 1.165) is 18.4 Å². The molecule has 112 valence electrons. The molecule has 1 aromatic carbocycles. The summed E-state index contributed by atoms with van der Waals surface area (Å²) >= 11 is 1.17. The van der Waals surface area contributed by atoms with E-state index in [1.54, 1.807) is 17.5 Å². The van der Waals surface area contributed by atoms with Crippen LogP contribution in [0.2, 0.25) is 0 Å². The zero-order valence-corrected chi connectivity index (χ0v) is 13.0. The molecule has 1 saturated carbocycles. The highest BCUT2D eigenvalue weighted by Gasteiger charge is 2.45. The van der Waals surface area contributed by atoms with Crippen molar-refractivity contribution in [3.8, 4) is 0 Å². The van der Waals surface area contributed by atoms with Gasteiger partial charge >= 0.3 is 0 Å². The lowest BCUT2D eigenvalue weighted by molar-refractivity contribution is 0.0185. The van der Waals surface area contributed by atoms with E-state index < -0.39 is 15.6 Å². The van der Waals surface area contributed by atoms with Crippen molar-refractivity contribution < 1.29 is 13.5 Å². The minimum absolute atomic E-state index is 0.00190. The molecule has 2 aromatic rings. The highest BCUT2D eigenvalue weighted by Crippen LogP contribution is 2.45. The van der Waals surface area contributed by atoms with E-state index in [9.17, 15) is 13.5 Å². The van der Waals surface area contributed by atoms with Crippen LogP contribution in [0.3, 0.4) is 0 Å². The summed E-state index contributed by atoms with van der Waals surface area (Å²) in [6, 6.07) is 12.5. The Labute approximate surface area is 128 Å². The molecule has 21 heavy (non-hydrogen) atoms. The summed E-state index contributed by atoms with van der Waals surface area (Å²) in [5, 5.41) is 12.7. The fraction of sp³-hybridized carbons (Fsp3) is 0.333. The minimum Gasteiger partial charge on any atom is -0.383 e. The van der Waals surface area contributed by atoms with Gasteiger partial charge in [0, 0.05) is 6.54 Å². The lowest BCUT2D eigenvalue weighted by Crippen LogP contribution is -2.42. The van der Waals surface area contributed by atoms with Gasteiger partial charge in [0.1, 0.15) is 9.81 Å². The lowest BCUT2D eigenvalue weighted by atomic mass is 9.89. The predicted molar refractivity (Wildman–Crippen MR) is 82.6 cm³/mol. The fourth-order valence-corrected chi connectivity index (χ4v) is 4.57. The van der Waals surface area contributed by atoms with Crippen molar-refractivity contribution in [2.75, 3.05) is 6.54 Å². The number of nitrogens with one attached hydrogen (secondary N) is 1.